The molecular weight excluding hydrogens is 522 g/mol. The Bertz CT molecular complexity index is 1550. The van der Waals surface area contributed by atoms with Crippen molar-refractivity contribution < 1.29 is 8.78 Å². The number of hydrogen-bond donors (Lipinski definition) is 1. The minimum absolute atomic E-state index is 0.0152. The molecule has 0 saturated carbocycles. The zero-order valence-electron chi connectivity index (χ0n) is 24.3. The lowest BCUT2D eigenvalue weighted by molar-refractivity contribution is 0.0962. The Morgan fingerprint density at radius 3 is 2.56 bits per heavy atom. The zero-order valence-corrected chi connectivity index (χ0v) is 24.3. The molecule has 3 aromatic heterocycles. The molecule has 1 N–H and O–H groups in total. The second kappa shape index (κ2) is 11.1. The molecule has 41 heavy (non-hydrogen) atoms. The Morgan fingerprint density at radius 1 is 0.976 bits per heavy atom. The molecule has 1 atom stereocenters. The molecule has 10 heteroatoms. The Labute approximate surface area is 239 Å². The highest BCUT2D eigenvalue weighted by molar-refractivity contribution is 5.83. The number of rotatable bonds is 7. The lowest BCUT2D eigenvalue weighted by Gasteiger charge is -2.40. The number of piperidine rings is 1. The minimum Gasteiger partial charge on any atom is -0.326 e. The summed E-state index contributed by atoms with van der Waals surface area (Å²) in [7, 11) is 0. The van der Waals surface area contributed by atoms with E-state index < -0.39 is 11.6 Å². The van der Waals surface area contributed by atoms with Crippen LogP contribution in [-0.2, 0) is 6.54 Å². The van der Waals surface area contributed by atoms with Crippen molar-refractivity contribution in [1.29, 1.82) is 0 Å². The number of aromatic nitrogens is 5. The summed E-state index contributed by atoms with van der Waals surface area (Å²) >= 11 is 0. The van der Waals surface area contributed by atoms with Gasteiger partial charge in [0.05, 0.1) is 11.7 Å². The Balaban J connectivity index is 1.16. The van der Waals surface area contributed by atoms with Gasteiger partial charge in [0.2, 0.25) is 5.95 Å². The number of nitrogens with zero attached hydrogens (tertiary/aromatic N) is 7. The second-order valence-electron chi connectivity index (χ2n) is 11.9. The van der Waals surface area contributed by atoms with Gasteiger partial charge in [-0.3, -0.25) is 4.90 Å². The van der Waals surface area contributed by atoms with Crippen molar-refractivity contribution >= 4 is 22.8 Å². The van der Waals surface area contributed by atoms with Gasteiger partial charge in [0.1, 0.15) is 22.9 Å². The first-order valence-electron chi connectivity index (χ1n) is 14.6. The summed E-state index contributed by atoms with van der Waals surface area (Å²) in [4.78, 5) is 22.6. The van der Waals surface area contributed by atoms with E-state index in [0.29, 0.717) is 28.1 Å². The molecule has 6 rings (SSSR count). The molecule has 4 aromatic rings. The van der Waals surface area contributed by atoms with E-state index in [1.807, 2.05) is 37.6 Å². The predicted molar refractivity (Wildman–Crippen MR) is 157 cm³/mol. The fraction of sp³-hybridized carbons (Fsp3) is 0.484. The minimum atomic E-state index is -0.631. The van der Waals surface area contributed by atoms with Crippen LogP contribution in [0.2, 0.25) is 0 Å². The van der Waals surface area contributed by atoms with Crippen molar-refractivity contribution in [3.05, 3.63) is 59.7 Å². The molecule has 216 valence electrons. The van der Waals surface area contributed by atoms with Gasteiger partial charge in [-0.2, -0.15) is 0 Å². The zero-order chi connectivity index (χ0) is 28.7. The Morgan fingerprint density at radius 2 is 1.80 bits per heavy atom. The van der Waals surface area contributed by atoms with Crippen molar-refractivity contribution in [2.24, 2.45) is 5.41 Å². The molecule has 8 nitrogen and oxygen atoms in total. The van der Waals surface area contributed by atoms with Gasteiger partial charge in [0.25, 0.3) is 0 Å². The summed E-state index contributed by atoms with van der Waals surface area (Å²) in [5.74, 6) is 0.306. The topological polar surface area (TPSA) is 75.0 Å². The van der Waals surface area contributed by atoms with Crippen molar-refractivity contribution in [2.45, 2.75) is 59.5 Å². The second-order valence-corrected chi connectivity index (χ2v) is 11.9. The molecule has 0 bridgehead atoms. The molecule has 0 radical (unpaired) electrons. The lowest BCUT2D eigenvalue weighted by Crippen LogP contribution is -2.44. The van der Waals surface area contributed by atoms with Crippen LogP contribution in [0.15, 0.2) is 36.7 Å². The van der Waals surface area contributed by atoms with Crippen LogP contribution in [0.1, 0.15) is 57.5 Å². The van der Waals surface area contributed by atoms with Gasteiger partial charge in [-0.1, -0.05) is 13.0 Å². The van der Waals surface area contributed by atoms with Crippen LogP contribution in [-0.4, -0.2) is 67.0 Å². The molecule has 2 aliphatic heterocycles. The number of anilines is 2. The van der Waals surface area contributed by atoms with E-state index in [9.17, 15) is 4.39 Å². The monoisotopic (exact) mass is 560 g/mol. The Kier molecular flexibility index (Phi) is 7.46. The molecule has 0 aliphatic carbocycles. The first-order chi connectivity index (χ1) is 19.7. The van der Waals surface area contributed by atoms with E-state index in [1.54, 1.807) is 6.07 Å². The molecule has 5 heterocycles. The quantitative estimate of drug-likeness (QED) is 0.292. The van der Waals surface area contributed by atoms with Crippen LogP contribution in [0.3, 0.4) is 0 Å². The van der Waals surface area contributed by atoms with Crippen LogP contribution >= 0.6 is 0 Å². The highest BCUT2D eigenvalue weighted by atomic mass is 19.1. The van der Waals surface area contributed by atoms with Gasteiger partial charge < -0.3 is 14.8 Å². The van der Waals surface area contributed by atoms with Crippen LogP contribution in [0.25, 0.3) is 22.3 Å². The van der Waals surface area contributed by atoms with Gasteiger partial charge >= 0.3 is 0 Å². The maximum absolute atomic E-state index is 15.0. The third kappa shape index (κ3) is 5.55. The molecule has 2 aliphatic rings. The molecule has 0 amide bonds. The maximum Gasteiger partial charge on any atom is 0.229 e. The average Bonchev–Trinajstić information content (AvgIpc) is 3.50. The van der Waals surface area contributed by atoms with Gasteiger partial charge in [-0.25, -0.2) is 28.7 Å². The predicted octanol–water partition coefficient (Wildman–Crippen LogP) is 6.11. The maximum atomic E-state index is 15.0. The normalized spacial score (nSPS) is 20.1. The van der Waals surface area contributed by atoms with Gasteiger partial charge in [0, 0.05) is 37.4 Å². The van der Waals surface area contributed by atoms with Gasteiger partial charge in [-0.15, -0.1) is 0 Å². The number of halogens is 2. The summed E-state index contributed by atoms with van der Waals surface area (Å²) in [6.07, 6.45) is 6.85. The summed E-state index contributed by atoms with van der Waals surface area (Å²) in [6.45, 7) is 14.8. The van der Waals surface area contributed by atoms with Crippen LogP contribution < -0.4 is 5.32 Å². The largest absolute Gasteiger partial charge is 0.326 e. The first-order valence-corrected chi connectivity index (χ1v) is 14.6. The number of pyridine rings is 1. The third-order valence-corrected chi connectivity index (χ3v) is 8.63. The standard InChI is InChI=1S/C31H38F2N8/c1-5-39-11-6-9-31(18-39)10-12-40(19-31)17-22-7-8-27(34-15-22)37-30-35-16-25(33)28(38-30)23-13-24(32)29-26(14-23)41(20(2)3)21(4)36-29/h7-8,13-16,20H,5-6,9-12,17-19H2,1-4H3,(H,34,35,37,38). The van der Waals surface area contributed by atoms with Crippen LogP contribution in [0.5, 0.6) is 0 Å². The molecular formula is C31H38F2N8. The number of hydrogen-bond acceptors (Lipinski definition) is 7. The molecule has 1 unspecified atom stereocenters. The van der Waals surface area contributed by atoms with Crippen LogP contribution in [0.4, 0.5) is 20.5 Å². The fourth-order valence-electron chi connectivity index (χ4n) is 6.73. The smallest absolute Gasteiger partial charge is 0.229 e. The molecule has 1 aromatic carbocycles. The van der Waals surface area contributed by atoms with Crippen molar-refractivity contribution in [3.63, 3.8) is 0 Å². The summed E-state index contributed by atoms with van der Waals surface area (Å²) in [5, 5.41) is 3.08. The summed E-state index contributed by atoms with van der Waals surface area (Å²) < 4.78 is 31.8. The van der Waals surface area contributed by atoms with E-state index in [4.69, 9.17) is 0 Å². The highest BCUT2D eigenvalue weighted by Gasteiger charge is 2.40. The molecule has 2 saturated heterocycles. The summed E-state index contributed by atoms with van der Waals surface area (Å²) in [6, 6.07) is 7.03. The van der Waals surface area contributed by atoms with E-state index in [0.717, 1.165) is 37.9 Å². The number of likely N-dealkylation sites (tertiary alicyclic amines) is 2. The van der Waals surface area contributed by atoms with Crippen molar-refractivity contribution in [3.8, 4) is 11.3 Å². The number of benzene rings is 1. The highest BCUT2D eigenvalue weighted by Crippen LogP contribution is 2.39. The molecule has 2 fully saturated rings. The number of fused-ring (bicyclic) bond motifs is 1. The average molecular weight is 561 g/mol. The van der Waals surface area contributed by atoms with Crippen LogP contribution in [0, 0.1) is 24.0 Å². The van der Waals surface area contributed by atoms with Crippen molar-refractivity contribution in [2.75, 3.05) is 38.0 Å². The first kappa shape index (κ1) is 27.7. The number of imidazole rings is 1. The Hall–Kier alpha value is -3.50. The van der Waals surface area contributed by atoms with E-state index in [1.165, 1.54) is 38.4 Å². The van der Waals surface area contributed by atoms with Gasteiger partial charge in [0.15, 0.2) is 11.6 Å². The third-order valence-electron chi connectivity index (χ3n) is 8.63. The van der Waals surface area contributed by atoms with E-state index in [-0.39, 0.29) is 23.2 Å². The van der Waals surface area contributed by atoms with Gasteiger partial charge in [-0.05, 0) is 88.8 Å². The van der Waals surface area contributed by atoms with E-state index in [2.05, 4.69) is 48.0 Å². The number of nitrogens with one attached hydrogen (secondary N) is 1. The molecule has 1 spiro atoms. The fourth-order valence-corrected chi connectivity index (χ4v) is 6.73. The van der Waals surface area contributed by atoms with Crippen molar-refractivity contribution in [1.82, 2.24) is 34.3 Å². The number of aryl methyl sites for hydroxylation is 1. The van der Waals surface area contributed by atoms with E-state index >= 15 is 4.39 Å². The lowest BCUT2D eigenvalue weighted by atomic mass is 9.79. The SMILES string of the molecule is CCN1CCCC2(CCN(Cc3ccc(Nc4ncc(F)c(-c5cc(F)c6nc(C)n(C(C)C)c6c5)n4)nc3)C2)C1. The summed E-state index contributed by atoms with van der Waals surface area (Å²) in [5.41, 5.74) is 2.79.